The molecule has 0 saturated carbocycles. The predicted octanol–water partition coefficient (Wildman–Crippen LogP) is 5.23. The van der Waals surface area contributed by atoms with E-state index in [2.05, 4.69) is 22.1 Å². The summed E-state index contributed by atoms with van der Waals surface area (Å²) >= 11 is 5.62. The molecule has 0 N–H and O–H groups in total. The van der Waals surface area contributed by atoms with Gasteiger partial charge in [0.05, 0.1) is 18.7 Å². The average Bonchev–Trinajstić information content (AvgIpc) is 3.37. The van der Waals surface area contributed by atoms with Crippen molar-refractivity contribution in [1.29, 1.82) is 0 Å². The van der Waals surface area contributed by atoms with E-state index in [4.69, 9.17) is 9.73 Å². The van der Waals surface area contributed by atoms with Crippen molar-refractivity contribution in [3.05, 3.63) is 46.6 Å². The highest BCUT2D eigenvalue weighted by atomic mass is 32.2. The van der Waals surface area contributed by atoms with Crippen LogP contribution in [0.25, 0.3) is 10.2 Å². The average molecular weight is 428 g/mol. The van der Waals surface area contributed by atoms with Crippen LogP contribution in [0.15, 0.2) is 40.6 Å². The Morgan fingerprint density at radius 3 is 2.86 bits per heavy atom. The largest absolute Gasteiger partial charge is 0.497 e. The number of hydrogen-bond acceptors (Lipinski definition) is 7. The maximum Gasteiger partial charge on any atom is 0.128 e. The molecule has 0 radical (unpaired) electrons. The number of thioether (sulfide) groups is 2. The van der Waals surface area contributed by atoms with Crippen LogP contribution in [-0.2, 0) is 12.8 Å². The molecule has 3 aromatic rings. The van der Waals surface area contributed by atoms with E-state index in [1.54, 1.807) is 13.4 Å². The normalized spacial score (nSPS) is 18.9. The molecule has 2 aliphatic rings. The Balaban J connectivity index is 1.28. The summed E-state index contributed by atoms with van der Waals surface area (Å²) in [5, 5.41) is 4.10. The molecule has 1 aromatic carbocycles. The second-order valence-electron chi connectivity index (χ2n) is 7.00. The zero-order valence-electron chi connectivity index (χ0n) is 15.7. The van der Waals surface area contributed by atoms with Gasteiger partial charge >= 0.3 is 0 Å². The van der Waals surface area contributed by atoms with Gasteiger partial charge in [-0.25, -0.2) is 9.97 Å². The smallest absolute Gasteiger partial charge is 0.128 e. The molecular formula is C21H21N3OS3. The molecule has 0 bridgehead atoms. The Morgan fingerprint density at radius 2 is 2.00 bits per heavy atom. The van der Waals surface area contributed by atoms with Crippen LogP contribution in [0.3, 0.4) is 0 Å². The summed E-state index contributed by atoms with van der Waals surface area (Å²) in [6, 6.07) is 8.17. The molecule has 144 valence electrons. The Hall–Kier alpha value is -1.57. The number of benzene rings is 1. The van der Waals surface area contributed by atoms with Gasteiger partial charge in [0.25, 0.3) is 0 Å². The quantitative estimate of drug-likeness (QED) is 0.412. The summed E-state index contributed by atoms with van der Waals surface area (Å²) in [7, 11) is 1.69. The molecule has 0 amide bonds. The van der Waals surface area contributed by atoms with Crippen molar-refractivity contribution in [2.75, 3.05) is 19.4 Å². The summed E-state index contributed by atoms with van der Waals surface area (Å²) in [4.78, 5) is 16.7. The van der Waals surface area contributed by atoms with Gasteiger partial charge in [0.15, 0.2) is 0 Å². The lowest BCUT2D eigenvalue weighted by atomic mass is 9.97. The highest BCUT2D eigenvalue weighted by Crippen LogP contribution is 2.40. The van der Waals surface area contributed by atoms with Crippen LogP contribution in [0.4, 0.5) is 0 Å². The molecule has 0 saturated heterocycles. The molecule has 7 heteroatoms. The number of ether oxygens (including phenoxy) is 1. The number of rotatable bonds is 5. The Morgan fingerprint density at radius 1 is 1.14 bits per heavy atom. The van der Waals surface area contributed by atoms with Gasteiger partial charge in [-0.1, -0.05) is 0 Å². The van der Waals surface area contributed by atoms with E-state index in [9.17, 15) is 0 Å². The van der Waals surface area contributed by atoms with Gasteiger partial charge in [-0.05, 0) is 55.5 Å². The van der Waals surface area contributed by atoms with Crippen LogP contribution < -0.4 is 4.74 Å². The lowest BCUT2D eigenvalue weighted by Gasteiger charge is -2.12. The molecule has 28 heavy (non-hydrogen) atoms. The lowest BCUT2D eigenvalue weighted by Crippen LogP contribution is -2.07. The van der Waals surface area contributed by atoms with Gasteiger partial charge in [-0.3, -0.25) is 4.99 Å². The number of nitrogens with zero attached hydrogens (tertiary/aromatic N) is 3. The van der Waals surface area contributed by atoms with Gasteiger partial charge in [0.1, 0.15) is 21.9 Å². The number of aromatic nitrogens is 2. The first-order valence-corrected chi connectivity index (χ1v) is 12.2. The third-order valence-electron chi connectivity index (χ3n) is 5.18. The number of fused-ring (bicyclic) bond motifs is 3. The van der Waals surface area contributed by atoms with Crippen LogP contribution in [0.5, 0.6) is 5.75 Å². The Kier molecular flexibility index (Phi) is 5.30. The Labute approximate surface area is 177 Å². The minimum atomic E-state index is 0.488. The molecule has 0 fully saturated rings. The number of methoxy groups -OCH3 is 1. The van der Waals surface area contributed by atoms with E-state index in [0.717, 1.165) is 28.1 Å². The lowest BCUT2D eigenvalue weighted by molar-refractivity contribution is 0.415. The summed E-state index contributed by atoms with van der Waals surface area (Å²) < 4.78 is 5.25. The fourth-order valence-electron chi connectivity index (χ4n) is 3.74. The van der Waals surface area contributed by atoms with Gasteiger partial charge in [0, 0.05) is 26.8 Å². The molecule has 1 aliphatic heterocycles. The van der Waals surface area contributed by atoms with Crippen LogP contribution in [0.2, 0.25) is 0 Å². The van der Waals surface area contributed by atoms with Crippen LogP contribution in [0.1, 0.15) is 28.8 Å². The van der Waals surface area contributed by atoms with Crippen molar-refractivity contribution >= 4 is 50.1 Å². The number of aryl methyl sites for hydroxylation is 2. The molecule has 4 nitrogen and oxygen atoms in total. The maximum absolute atomic E-state index is 5.25. The highest BCUT2D eigenvalue weighted by Gasteiger charge is 2.24. The molecule has 2 aromatic heterocycles. The summed E-state index contributed by atoms with van der Waals surface area (Å²) in [6.45, 7) is 0.870. The topological polar surface area (TPSA) is 47.4 Å². The minimum absolute atomic E-state index is 0.488. The first-order valence-electron chi connectivity index (χ1n) is 9.55. The second-order valence-corrected chi connectivity index (χ2v) is 10.4. The van der Waals surface area contributed by atoms with Crippen LogP contribution in [0, 0.1) is 0 Å². The SMILES string of the molecule is COc1ccc(C2=NC[C@H](CSc3ncnc4sc5c(c34)CCCC5)S2)cc1. The molecule has 1 atom stereocenters. The number of thiophene rings is 1. The van der Waals surface area contributed by atoms with Crippen molar-refractivity contribution < 1.29 is 4.74 Å². The number of aliphatic imine (C=N–C) groups is 1. The summed E-state index contributed by atoms with van der Waals surface area (Å²) in [5.41, 5.74) is 2.69. The molecule has 1 aliphatic carbocycles. The van der Waals surface area contributed by atoms with Crippen molar-refractivity contribution in [2.24, 2.45) is 4.99 Å². The van der Waals surface area contributed by atoms with Crippen molar-refractivity contribution in [1.82, 2.24) is 9.97 Å². The van der Waals surface area contributed by atoms with Gasteiger partial charge < -0.3 is 4.74 Å². The van der Waals surface area contributed by atoms with Crippen molar-refractivity contribution in [2.45, 2.75) is 36.0 Å². The molecule has 5 rings (SSSR count). The first kappa shape index (κ1) is 18.5. The predicted molar refractivity (Wildman–Crippen MR) is 121 cm³/mol. The summed E-state index contributed by atoms with van der Waals surface area (Å²) in [5.74, 6) is 1.90. The standard InChI is InChI=1S/C21H21N3OS3/c1-25-14-8-6-13(7-9-14)19-22-10-15(27-19)11-26-20-18-16-4-2-3-5-17(16)28-21(18)24-12-23-20/h6-9,12,15H,2-5,10-11H2,1H3/t15-/m1/s1. The van der Waals surface area contributed by atoms with E-state index in [-0.39, 0.29) is 0 Å². The van der Waals surface area contributed by atoms with E-state index >= 15 is 0 Å². The van der Waals surface area contributed by atoms with Crippen molar-refractivity contribution in [3.8, 4) is 5.75 Å². The molecule has 0 unspecified atom stereocenters. The van der Waals surface area contributed by atoms with Gasteiger partial charge in [-0.15, -0.1) is 34.9 Å². The minimum Gasteiger partial charge on any atom is -0.497 e. The molecule has 0 spiro atoms. The molecular weight excluding hydrogens is 406 g/mol. The molecule has 3 heterocycles. The third-order valence-corrected chi connectivity index (χ3v) is 8.98. The third kappa shape index (κ3) is 3.55. The highest BCUT2D eigenvalue weighted by molar-refractivity contribution is 8.16. The zero-order valence-corrected chi connectivity index (χ0v) is 18.1. The fraction of sp³-hybridized carbons (Fsp3) is 0.381. The van der Waals surface area contributed by atoms with Crippen molar-refractivity contribution in [3.63, 3.8) is 0 Å². The van der Waals surface area contributed by atoms with Gasteiger partial charge in [-0.2, -0.15) is 0 Å². The van der Waals surface area contributed by atoms with Crippen LogP contribution >= 0.6 is 34.9 Å². The van der Waals surface area contributed by atoms with E-state index in [0.29, 0.717) is 5.25 Å². The van der Waals surface area contributed by atoms with E-state index in [1.165, 1.54) is 51.9 Å². The zero-order chi connectivity index (χ0) is 18.9. The fourth-order valence-corrected chi connectivity index (χ4v) is 7.33. The summed E-state index contributed by atoms with van der Waals surface area (Å²) in [6.07, 6.45) is 6.71. The van der Waals surface area contributed by atoms with E-state index in [1.807, 2.05) is 47.0 Å². The van der Waals surface area contributed by atoms with Crippen LogP contribution in [-0.4, -0.2) is 39.7 Å². The van der Waals surface area contributed by atoms with E-state index < -0.39 is 0 Å². The second kappa shape index (κ2) is 8.05. The Bertz CT molecular complexity index is 1030. The maximum atomic E-state index is 5.25. The first-order chi connectivity index (χ1) is 13.8. The monoisotopic (exact) mass is 427 g/mol. The van der Waals surface area contributed by atoms with Gasteiger partial charge in [0.2, 0.25) is 0 Å². The number of hydrogen-bond donors (Lipinski definition) is 0.